The van der Waals surface area contributed by atoms with Crippen molar-refractivity contribution in [3.63, 3.8) is 0 Å². The van der Waals surface area contributed by atoms with Crippen LogP contribution in [0.2, 0.25) is 0 Å². The number of hydrogen-bond acceptors (Lipinski definition) is 3. The molecule has 1 fully saturated rings. The van der Waals surface area contributed by atoms with Gasteiger partial charge < -0.3 is 15.3 Å². The minimum absolute atomic E-state index is 0.0563. The zero-order valence-corrected chi connectivity index (χ0v) is 13.2. The monoisotopic (exact) mass is 276 g/mol. The Labute approximate surface area is 123 Å². The van der Waals surface area contributed by atoms with Gasteiger partial charge in [0.05, 0.1) is 6.10 Å². The molecule has 3 nitrogen and oxygen atoms in total. The van der Waals surface area contributed by atoms with Crippen molar-refractivity contribution in [1.82, 2.24) is 5.32 Å². The van der Waals surface area contributed by atoms with Crippen LogP contribution in [0.5, 0.6) is 0 Å². The highest BCUT2D eigenvalue weighted by Crippen LogP contribution is 2.29. The van der Waals surface area contributed by atoms with Gasteiger partial charge in [-0.05, 0) is 57.2 Å². The third-order valence-corrected chi connectivity index (χ3v) is 3.94. The number of aliphatic hydroxyl groups is 1. The van der Waals surface area contributed by atoms with Crippen LogP contribution in [0, 0.1) is 5.92 Å². The SMILES string of the molecule is CN(CC1CC(O)C1)c1ccc(CNC(C)(C)C)cc1. The second-order valence-electron chi connectivity index (χ2n) is 7.14. The molecule has 2 N–H and O–H groups in total. The third kappa shape index (κ3) is 4.50. The number of rotatable bonds is 5. The smallest absolute Gasteiger partial charge is 0.0546 e. The van der Waals surface area contributed by atoms with Crippen molar-refractivity contribution in [2.45, 2.75) is 51.8 Å². The summed E-state index contributed by atoms with van der Waals surface area (Å²) in [6, 6.07) is 8.77. The Kier molecular flexibility index (Phi) is 4.71. The molecule has 0 aromatic heterocycles. The molecule has 0 radical (unpaired) electrons. The standard InChI is InChI=1S/C17H28N2O/c1-17(2,3)18-11-13-5-7-15(8-6-13)19(4)12-14-9-16(20)10-14/h5-8,14,16,18,20H,9-12H2,1-4H3. The lowest BCUT2D eigenvalue weighted by atomic mass is 9.82. The molecule has 2 rings (SSSR count). The van der Waals surface area contributed by atoms with Crippen molar-refractivity contribution in [3.8, 4) is 0 Å². The largest absolute Gasteiger partial charge is 0.393 e. The maximum absolute atomic E-state index is 9.34. The van der Waals surface area contributed by atoms with Gasteiger partial charge in [0.15, 0.2) is 0 Å². The summed E-state index contributed by atoms with van der Waals surface area (Å²) in [5.74, 6) is 0.650. The molecule has 0 bridgehead atoms. The molecule has 1 aliphatic rings. The quantitative estimate of drug-likeness (QED) is 0.868. The number of anilines is 1. The number of aliphatic hydroxyl groups excluding tert-OH is 1. The topological polar surface area (TPSA) is 35.5 Å². The molecule has 0 aliphatic heterocycles. The molecule has 20 heavy (non-hydrogen) atoms. The highest BCUT2D eigenvalue weighted by Gasteiger charge is 2.27. The van der Waals surface area contributed by atoms with Gasteiger partial charge in [0.1, 0.15) is 0 Å². The first-order chi connectivity index (χ1) is 9.33. The van der Waals surface area contributed by atoms with E-state index in [1.54, 1.807) is 0 Å². The zero-order valence-electron chi connectivity index (χ0n) is 13.2. The molecule has 0 atom stereocenters. The summed E-state index contributed by atoms with van der Waals surface area (Å²) in [6.07, 6.45) is 1.86. The molecule has 0 unspecified atom stereocenters. The molecule has 0 heterocycles. The molecular formula is C17H28N2O. The van der Waals surface area contributed by atoms with E-state index in [1.165, 1.54) is 11.3 Å². The van der Waals surface area contributed by atoms with E-state index in [0.29, 0.717) is 5.92 Å². The van der Waals surface area contributed by atoms with Gasteiger partial charge in [-0.3, -0.25) is 0 Å². The second kappa shape index (κ2) is 6.15. The molecule has 1 aliphatic carbocycles. The average molecular weight is 276 g/mol. The molecule has 0 saturated heterocycles. The lowest BCUT2D eigenvalue weighted by molar-refractivity contribution is 0.0465. The van der Waals surface area contributed by atoms with Crippen LogP contribution < -0.4 is 10.2 Å². The van der Waals surface area contributed by atoms with Crippen LogP contribution >= 0.6 is 0 Å². The van der Waals surface area contributed by atoms with Gasteiger partial charge in [0.2, 0.25) is 0 Å². The Morgan fingerprint density at radius 2 is 1.80 bits per heavy atom. The first kappa shape index (κ1) is 15.3. The fraction of sp³-hybridized carbons (Fsp3) is 0.647. The van der Waals surface area contributed by atoms with Gasteiger partial charge in [0.25, 0.3) is 0 Å². The average Bonchev–Trinajstić information content (AvgIpc) is 2.34. The van der Waals surface area contributed by atoms with E-state index < -0.39 is 0 Å². The summed E-state index contributed by atoms with van der Waals surface area (Å²) in [6.45, 7) is 8.49. The summed E-state index contributed by atoms with van der Waals surface area (Å²) in [5, 5.41) is 12.8. The molecule has 0 spiro atoms. The number of nitrogens with one attached hydrogen (secondary N) is 1. The molecule has 112 valence electrons. The Morgan fingerprint density at radius 1 is 1.20 bits per heavy atom. The number of benzene rings is 1. The van der Waals surface area contributed by atoms with Crippen LogP contribution in [0.1, 0.15) is 39.2 Å². The summed E-state index contributed by atoms with van der Waals surface area (Å²) in [5.41, 5.74) is 2.72. The maximum Gasteiger partial charge on any atom is 0.0546 e. The molecule has 1 aromatic rings. The molecule has 3 heteroatoms. The number of nitrogens with zero attached hydrogens (tertiary/aromatic N) is 1. The highest BCUT2D eigenvalue weighted by molar-refractivity contribution is 5.47. The van der Waals surface area contributed by atoms with Crippen molar-refractivity contribution in [2.75, 3.05) is 18.5 Å². The summed E-state index contributed by atoms with van der Waals surface area (Å²) in [4.78, 5) is 2.29. The van der Waals surface area contributed by atoms with E-state index in [9.17, 15) is 5.11 Å². The van der Waals surface area contributed by atoms with Crippen LogP contribution in [-0.4, -0.2) is 30.3 Å². The van der Waals surface area contributed by atoms with Crippen molar-refractivity contribution in [1.29, 1.82) is 0 Å². The van der Waals surface area contributed by atoms with Crippen molar-refractivity contribution in [2.24, 2.45) is 5.92 Å². The Balaban J connectivity index is 1.84. The maximum atomic E-state index is 9.34. The molecule has 1 aromatic carbocycles. The Bertz CT molecular complexity index is 416. The second-order valence-corrected chi connectivity index (χ2v) is 7.14. The van der Waals surface area contributed by atoms with Crippen LogP contribution in [0.15, 0.2) is 24.3 Å². The van der Waals surface area contributed by atoms with Gasteiger partial charge in [-0.15, -0.1) is 0 Å². The van der Waals surface area contributed by atoms with Crippen molar-refractivity contribution < 1.29 is 5.11 Å². The predicted octanol–water partition coefficient (Wildman–Crippen LogP) is 2.78. The zero-order chi connectivity index (χ0) is 14.8. The van der Waals surface area contributed by atoms with Crippen LogP contribution in [0.25, 0.3) is 0 Å². The molecular weight excluding hydrogens is 248 g/mol. The van der Waals surface area contributed by atoms with Crippen LogP contribution in [0.4, 0.5) is 5.69 Å². The van der Waals surface area contributed by atoms with Gasteiger partial charge >= 0.3 is 0 Å². The van der Waals surface area contributed by atoms with Gasteiger partial charge in [-0.25, -0.2) is 0 Å². The van der Waals surface area contributed by atoms with Gasteiger partial charge in [0, 0.05) is 31.4 Å². The Morgan fingerprint density at radius 3 is 2.30 bits per heavy atom. The van der Waals surface area contributed by atoms with Crippen molar-refractivity contribution >= 4 is 5.69 Å². The molecule has 0 amide bonds. The normalized spacial score (nSPS) is 22.4. The lowest BCUT2D eigenvalue weighted by Gasteiger charge is -2.35. The fourth-order valence-corrected chi connectivity index (χ4v) is 2.58. The first-order valence-corrected chi connectivity index (χ1v) is 7.56. The summed E-state index contributed by atoms with van der Waals surface area (Å²) in [7, 11) is 2.13. The van der Waals surface area contributed by atoms with Crippen molar-refractivity contribution in [3.05, 3.63) is 29.8 Å². The fourth-order valence-electron chi connectivity index (χ4n) is 2.58. The summed E-state index contributed by atoms with van der Waals surface area (Å²) >= 11 is 0. The third-order valence-electron chi connectivity index (χ3n) is 3.94. The minimum Gasteiger partial charge on any atom is -0.393 e. The van der Waals surface area contributed by atoms with E-state index in [0.717, 1.165) is 25.9 Å². The lowest BCUT2D eigenvalue weighted by Crippen LogP contribution is -2.37. The minimum atomic E-state index is -0.0563. The predicted molar refractivity (Wildman–Crippen MR) is 85.0 cm³/mol. The van der Waals surface area contributed by atoms with Gasteiger partial charge in [-0.1, -0.05) is 12.1 Å². The molecule has 1 saturated carbocycles. The van der Waals surface area contributed by atoms with Crippen LogP contribution in [0.3, 0.4) is 0 Å². The van der Waals surface area contributed by atoms with E-state index in [1.807, 2.05) is 0 Å². The first-order valence-electron chi connectivity index (χ1n) is 7.56. The van der Waals surface area contributed by atoms with E-state index in [2.05, 4.69) is 62.3 Å². The number of hydrogen-bond donors (Lipinski definition) is 2. The van der Waals surface area contributed by atoms with E-state index in [4.69, 9.17) is 0 Å². The van der Waals surface area contributed by atoms with E-state index in [-0.39, 0.29) is 11.6 Å². The van der Waals surface area contributed by atoms with Crippen LogP contribution in [-0.2, 0) is 6.54 Å². The highest BCUT2D eigenvalue weighted by atomic mass is 16.3. The van der Waals surface area contributed by atoms with E-state index >= 15 is 0 Å². The van der Waals surface area contributed by atoms with Gasteiger partial charge in [-0.2, -0.15) is 0 Å². The Hall–Kier alpha value is -1.06. The summed E-state index contributed by atoms with van der Waals surface area (Å²) < 4.78 is 0.